The first kappa shape index (κ1) is 12.0. The average molecular weight is 197 g/mol. The van der Waals surface area contributed by atoms with Gasteiger partial charge in [0.2, 0.25) is 0 Å². The number of rotatable bonds is 3. The largest absolute Gasteiger partial charge is 0.299 e. The lowest BCUT2D eigenvalue weighted by molar-refractivity contribution is 0.133. The van der Waals surface area contributed by atoms with Crippen LogP contribution in [0.4, 0.5) is 0 Å². The van der Waals surface area contributed by atoms with Crippen molar-refractivity contribution in [3.05, 3.63) is 0 Å². The Bertz CT molecular complexity index is 162. The van der Waals surface area contributed by atoms with Crippen LogP contribution in [0.1, 0.15) is 54.4 Å². The summed E-state index contributed by atoms with van der Waals surface area (Å²) in [5.74, 6) is 0. The van der Waals surface area contributed by atoms with Crippen LogP contribution in [0.5, 0.6) is 0 Å². The topological polar surface area (TPSA) is 3.24 Å². The molecule has 0 amide bonds. The lowest BCUT2D eigenvalue weighted by Gasteiger charge is -2.34. The molecule has 0 unspecified atom stereocenters. The predicted octanol–water partition coefficient (Wildman–Crippen LogP) is 3.54. The quantitative estimate of drug-likeness (QED) is 0.669. The van der Waals surface area contributed by atoms with Gasteiger partial charge < -0.3 is 0 Å². The number of hydrogen-bond acceptors (Lipinski definition) is 1. The minimum absolute atomic E-state index is 0.438. The van der Waals surface area contributed by atoms with Crippen LogP contribution in [0, 0.1) is 10.8 Å². The van der Waals surface area contributed by atoms with Crippen LogP contribution in [0.15, 0.2) is 0 Å². The third kappa shape index (κ3) is 4.99. The maximum absolute atomic E-state index is 2.69. The summed E-state index contributed by atoms with van der Waals surface area (Å²) in [7, 11) is 0. The molecule has 84 valence electrons. The number of nitrogens with zero attached hydrogens (tertiary/aromatic N) is 1. The van der Waals surface area contributed by atoms with Crippen LogP contribution < -0.4 is 0 Å². The van der Waals surface area contributed by atoms with Crippen molar-refractivity contribution in [1.29, 1.82) is 0 Å². The molecule has 0 spiro atoms. The van der Waals surface area contributed by atoms with E-state index in [4.69, 9.17) is 0 Å². The Morgan fingerprint density at radius 2 is 1.21 bits per heavy atom. The Balaban J connectivity index is 2.48. The Hall–Kier alpha value is -0.0400. The van der Waals surface area contributed by atoms with Gasteiger partial charge in [-0.25, -0.2) is 0 Å². The molecule has 0 aliphatic heterocycles. The smallest absolute Gasteiger partial charge is 0.00968 e. The van der Waals surface area contributed by atoms with E-state index in [1.54, 1.807) is 0 Å². The molecule has 1 nitrogen and oxygen atoms in total. The van der Waals surface area contributed by atoms with Gasteiger partial charge in [0.05, 0.1) is 0 Å². The Morgan fingerprint density at radius 1 is 0.857 bits per heavy atom. The minimum atomic E-state index is 0.438. The van der Waals surface area contributed by atoms with Crippen molar-refractivity contribution in [2.75, 3.05) is 13.1 Å². The van der Waals surface area contributed by atoms with E-state index < -0.39 is 0 Å². The second kappa shape index (κ2) is 3.84. The van der Waals surface area contributed by atoms with Gasteiger partial charge in [0.1, 0.15) is 0 Å². The fourth-order valence-corrected chi connectivity index (χ4v) is 1.97. The molecule has 0 radical (unpaired) electrons. The highest BCUT2D eigenvalue weighted by Crippen LogP contribution is 2.32. The molecular weight excluding hydrogens is 170 g/mol. The molecule has 14 heavy (non-hydrogen) atoms. The molecule has 0 saturated heterocycles. The van der Waals surface area contributed by atoms with Gasteiger partial charge in [0.25, 0.3) is 0 Å². The highest BCUT2D eigenvalue weighted by Gasteiger charge is 2.33. The molecule has 1 aliphatic carbocycles. The van der Waals surface area contributed by atoms with Gasteiger partial charge in [-0.3, -0.25) is 4.90 Å². The third-order valence-electron chi connectivity index (χ3n) is 2.42. The van der Waals surface area contributed by atoms with Gasteiger partial charge in [-0.1, -0.05) is 41.5 Å². The predicted molar refractivity (Wildman–Crippen MR) is 63.5 cm³/mol. The van der Waals surface area contributed by atoms with E-state index in [9.17, 15) is 0 Å². The molecule has 0 bridgehead atoms. The molecule has 1 aliphatic rings. The zero-order valence-corrected chi connectivity index (χ0v) is 10.9. The molecule has 1 fully saturated rings. The fourth-order valence-electron chi connectivity index (χ4n) is 1.97. The van der Waals surface area contributed by atoms with E-state index in [0.29, 0.717) is 10.8 Å². The van der Waals surface area contributed by atoms with Crippen molar-refractivity contribution in [2.45, 2.75) is 60.4 Å². The van der Waals surface area contributed by atoms with Gasteiger partial charge in [0.15, 0.2) is 0 Å². The Labute approximate surface area is 89.9 Å². The van der Waals surface area contributed by atoms with Crippen molar-refractivity contribution in [1.82, 2.24) is 4.90 Å². The molecule has 1 rings (SSSR count). The first-order valence-electron chi connectivity index (χ1n) is 5.91. The summed E-state index contributed by atoms with van der Waals surface area (Å²) in [4.78, 5) is 2.69. The molecule has 1 saturated carbocycles. The van der Waals surface area contributed by atoms with Crippen molar-refractivity contribution in [3.8, 4) is 0 Å². The van der Waals surface area contributed by atoms with Gasteiger partial charge in [0, 0.05) is 19.1 Å². The Morgan fingerprint density at radius 3 is 1.43 bits per heavy atom. The van der Waals surface area contributed by atoms with Crippen molar-refractivity contribution in [3.63, 3.8) is 0 Å². The lowest BCUT2D eigenvalue weighted by atomic mass is 9.92. The zero-order chi connectivity index (χ0) is 11.0. The van der Waals surface area contributed by atoms with Crippen LogP contribution >= 0.6 is 0 Å². The van der Waals surface area contributed by atoms with Gasteiger partial charge in [-0.05, 0) is 23.7 Å². The summed E-state index contributed by atoms with van der Waals surface area (Å²) >= 11 is 0. The highest BCUT2D eigenvalue weighted by atomic mass is 15.2. The van der Waals surface area contributed by atoms with E-state index >= 15 is 0 Å². The molecular formula is C13H27N. The van der Waals surface area contributed by atoms with E-state index in [-0.39, 0.29) is 0 Å². The minimum Gasteiger partial charge on any atom is -0.299 e. The summed E-state index contributed by atoms with van der Waals surface area (Å²) in [6.07, 6.45) is 2.85. The molecule has 0 aromatic rings. The van der Waals surface area contributed by atoms with Gasteiger partial charge in [-0.2, -0.15) is 0 Å². The van der Waals surface area contributed by atoms with Crippen molar-refractivity contribution < 1.29 is 0 Å². The van der Waals surface area contributed by atoms with Crippen LogP contribution in [0.25, 0.3) is 0 Å². The van der Waals surface area contributed by atoms with E-state index in [1.165, 1.54) is 25.9 Å². The second-order valence-corrected chi connectivity index (χ2v) is 7.26. The SMILES string of the molecule is CC(C)(C)CN(CC(C)(C)C)C1CC1. The van der Waals surface area contributed by atoms with Gasteiger partial charge >= 0.3 is 0 Å². The summed E-state index contributed by atoms with van der Waals surface area (Å²) in [5, 5.41) is 0. The van der Waals surface area contributed by atoms with Crippen molar-refractivity contribution >= 4 is 0 Å². The van der Waals surface area contributed by atoms with E-state index in [0.717, 1.165) is 6.04 Å². The van der Waals surface area contributed by atoms with Crippen LogP contribution in [0.3, 0.4) is 0 Å². The molecule has 0 heterocycles. The number of hydrogen-bond donors (Lipinski definition) is 0. The first-order valence-corrected chi connectivity index (χ1v) is 5.91. The highest BCUT2D eigenvalue weighted by molar-refractivity contribution is 4.88. The molecule has 0 atom stereocenters. The molecule has 1 heteroatoms. The maximum atomic E-state index is 2.69. The molecule has 0 N–H and O–H groups in total. The summed E-state index contributed by atoms with van der Waals surface area (Å²) in [6, 6.07) is 0.897. The van der Waals surface area contributed by atoms with E-state index in [2.05, 4.69) is 46.4 Å². The van der Waals surface area contributed by atoms with Gasteiger partial charge in [-0.15, -0.1) is 0 Å². The van der Waals surface area contributed by atoms with Crippen LogP contribution in [0.2, 0.25) is 0 Å². The van der Waals surface area contributed by atoms with Crippen LogP contribution in [-0.2, 0) is 0 Å². The average Bonchev–Trinajstić information content (AvgIpc) is 2.57. The second-order valence-electron chi connectivity index (χ2n) is 7.26. The standard InChI is InChI=1S/C13H27N/c1-12(2,3)9-14(11-7-8-11)10-13(4,5)6/h11H,7-10H2,1-6H3. The summed E-state index contributed by atoms with van der Waals surface area (Å²) in [6.45, 7) is 16.5. The normalized spacial score (nSPS) is 19.1. The Kier molecular flexibility index (Phi) is 3.30. The van der Waals surface area contributed by atoms with Crippen LogP contribution in [-0.4, -0.2) is 24.0 Å². The zero-order valence-electron chi connectivity index (χ0n) is 10.9. The lowest BCUT2D eigenvalue weighted by Crippen LogP contribution is -2.39. The summed E-state index contributed by atoms with van der Waals surface area (Å²) in [5.41, 5.74) is 0.877. The third-order valence-corrected chi connectivity index (χ3v) is 2.42. The molecule has 0 aromatic heterocycles. The first-order chi connectivity index (χ1) is 6.17. The maximum Gasteiger partial charge on any atom is 0.00968 e. The fraction of sp³-hybridized carbons (Fsp3) is 1.00. The molecule has 0 aromatic carbocycles. The summed E-state index contributed by atoms with van der Waals surface area (Å²) < 4.78 is 0. The monoisotopic (exact) mass is 197 g/mol. The van der Waals surface area contributed by atoms with Crippen molar-refractivity contribution in [2.24, 2.45) is 10.8 Å². The van der Waals surface area contributed by atoms with E-state index in [1.807, 2.05) is 0 Å².